The third kappa shape index (κ3) is 3.22. The summed E-state index contributed by atoms with van der Waals surface area (Å²) >= 11 is 0. The van der Waals surface area contributed by atoms with E-state index in [1.807, 2.05) is 20.8 Å². The van der Waals surface area contributed by atoms with E-state index in [0.717, 1.165) is 17.8 Å². The lowest BCUT2D eigenvalue weighted by molar-refractivity contribution is -0.124. The molecule has 0 spiro atoms. The fourth-order valence-corrected chi connectivity index (χ4v) is 1.74. The van der Waals surface area contributed by atoms with Crippen molar-refractivity contribution in [3.63, 3.8) is 0 Å². The monoisotopic (exact) mass is 254 g/mol. The van der Waals surface area contributed by atoms with E-state index >= 15 is 0 Å². The zero-order chi connectivity index (χ0) is 13.7. The summed E-state index contributed by atoms with van der Waals surface area (Å²) in [6.45, 7) is 6.75. The van der Waals surface area contributed by atoms with Gasteiger partial charge in [0.1, 0.15) is 6.04 Å². The van der Waals surface area contributed by atoms with E-state index in [4.69, 9.17) is 10.5 Å². The van der Waals surface area contributed by atoms with Gasteiger partial charge in [-0.1, -0.05) is 0 Å². The van der Waals surface area contributed by atoms with E-state index in [0.29, 0.717) is 18.8 Å². The van der Waals surface area contributed by atoms with Crippen LogP contribution in [0.5, 0.6) is 0 Å². The minimum absolute atomic E-state index is 0.0586. The van der Waals surface area contributed by atoms with Crippen LogP contribution in [0.2, 0.25) is 0 Å². The van der Waals surface area contributed by atoms with Crippen molar-refractivity contribution >= 4 is 11.6 Å². The van der Waals surface area contributed by atoms with Crippen LogP contribution in [-0.2, 0) is 9.53 Å². The molecule has 0 fully saturated rings. The molecule has 0 aliphatic carbocycles. The lowest BCUT2D eigenvalue weighted by atomic mass is 10.3. The number of nitrogens with two attached hydrogens (primary N) is 1. The van der Waals surface area contributed by atoms with Gasteiger partial charge in [0.2, 0.25) is 5.91 Å². The van der Waals surface area contributed by atoms with Gasteiger partial charge < -0.3 is 15.8 Å². The number of ether oxygens (including phenoxy) is 1. The molecule has 0 saturated carbocycles. The van der Waals surface area contributed by atoms with Gasteiger partial charge in [0.25, 0.3) is 0 Å². The normalized spacial score (nSPS) is 12.4. The number of nitrogens with zero attached hydrogens (tertiary/aromatic N) is 2. The van der Waals surface area contributed by atoms with Crippen LogP contribution in [0.1, 0.15) is 30.8 Å². The first-order valence-electron chi connectivity index (χ1n) is 6.06. The summed E-state index contributed by atoms with van der Waals surface area (Å²) in [4.78, 5) is 11.9. The van der Waals surface area contributed by atoms with Crippen molar-refractivity contribution in [2.45, 2.75) is 33.2 Å². The summed E-state index contributed by atoms with van der Waals surface area (Å²) in [7, 11) is 1.64. The molecule has 102 valence electrons. The van der Waals surface area contributed by atoms with E-state index in [9.17, 15) is 4.79 Å². The average molecular weight is 254 g/mol. The van der Waals surface area contributed by atoms with Gasteiger partial charge in [-0.05, 0) is 27.2 Å². The number of hydrogen-bond donors (Lipinski definition) is 2. The Bertz CT molecular complexity index is 414. The maximum Gasteiger partial charge on any atom is 0.244 e. The van der Waals surface area contributed by atoms with Crippen LogP contribution < -0.4 is 11.1 Å². The average Bonchev–Trinajstić information content (AvgIpc) is 2.61. The second-order valence-corrected chi connectivity index (χ2v) is 4.34. The Kier molecular flexibility index (Phi) is 5.15. The SMILES string of the molecule is COCCCNC(=O)C(C)n1nc(C)c(N)c1C. The first-order valence-corrected chi connectivity index (χ1v) is 6.06. The molecule has 0 aliphatic heterocycles. The van der Waals surface area contributed by atoms with Crippen LogP contribution in [0.3, 0.4) is 0 Å². The summed E-state index contributed by atoms with van der Waals surface area (Å²) in [6.07, 6.45) is 0.800. The highest BCUT2D eigenvalue weighted by atomic mass is 16.5. The second kappa shape index (κ2) is 6.39. The molecule has 1 amide bonds. The first-order chi connectivity index (χ1) is 8.49. The third-order valence-electron chi connectivity index (χ3n) is 2.95. The van der Waals surface area contributed by atoms with Crippen molar-refractivity contribution in [2.75, 3.05) is 26.0 Å². The number of carbonyl (C=O) groups is 1. The van der Waals surface area contributed by atoms with E-state index in [1.165, 1.54) is 0 Å². The van der Waals surface area contributed by atoms with Crippen molar-refractivity contribution in [3.8, 4) is 0 Å². The molecule has 1 rings (SSSR count). The molecule has 0 radical (unpaired) electrons. The van der Waals surface area contributed by atoms with Crippen LogP contribution >= 0.6 is 0 Å². The summed E-state index contributed by atoms with van der Waals surface area (Å²) in [5.41, 5.74) is 8.08. The number of amides is 1. The number of rotatable bonds is 6. The van der Waals surface area contributed by atoms with Gasteiger partial charge in [0.05, 0.1) is 17.1 Å². The van der Waals surface area contributed by atoms with Gasteiger partial charge in [-0.2, -0.15) is 5.10 Å². The van der Waals surface area contributed by atoms with Gasteiger partial charge >= 0.3 is 0 Å². The van der Waals surface area contributed by atoms with Crippen molar-refractivity contribution in [3.05, 3.63) is 11.4 Å². The number of carbonyl (C=O) groups excluding carboxylic acids is 1. The van der Waals surface area contributed by atoms with E-state index in [-0.39, 0.29) is 11.9 Å². The van der Waals surface area contributed by atoms with E-state index in [1.54, 1.807) is 11.8 Å². The van der Waals surface area contributed by atoms with Crippen LogP contribution in [0, 0.1) is 13.8 Å². The summed E-state index contributed by atoms with van der Waals surface area (Å²) in [5.74, 6) is -0.0586. The number of aryl methyl sites for hydroxylation is 1. The molecule has 0 saturated heterocycles. The maximum atomic E-state index is 11.9. The molecule has 0 aromatic carbocycles. The summed E-state index contributed by atoms with van der Waals surface area (Å²) in [6, 6.07) is -0.358. The zero-order valence-electron chi connectivity index (χ0n) is 11.5. The van der Waals surface area contributed by atoms with Crippen LogP contribution in [0.4, 0.5) is 5.69 Å². The standard InChI is InChI=1S/C12H22N4O2/c1-8-11(13)9(2)16(15-8)10(3)12(17)14-6-5-7-18-4/h10H,5-7,13H2,1-4H3,(H,14,17). The summed E-state index contributed by atoms with van der Waals surface area (Å²) in [5, 5.41) is 7.13. The minimum Gasteiger partial charge on any atom is -0.396 e. The third-order valence-corrected chi connectivity index (χ3v) is 2.95. The molecule has 1 aromatic heterocycles. The van der Waals surface area contributed by atoms with Gasteiger partial charge in [0.15, 0.2) is 0 Å². The summed E-state index contributed by atoms with van der Waals surface area (Å²) < 4.78 is 6.58. The molecule has 6 heteroatoms. The van der Waals surface area contributed by atoms with E-state index < -0.39 is 0 Å². The number of nitrogen functional groups attached to an aromatic ring is 1. The minimum atomic E-state index is -0.358. The molecule has 0 aliphatic rings. The smallest absolute Gasteiger partial charge is 0.244 e. The predicted molar refractivity (Wildman–Crippen MR) is 70.3 cm³/mol. The lowest BCUT2D eigenvalue weighted by Gasteiger charge is -2.14. The Morgan fingerprint density at radius 2 is 2.22 bits per heavy atom. The van der Waals surface area contributed by atoms with Gasteiger partial charge in [-0.25, -0.2) is 0 Å². The zero-order valence-corrected chi connectivity index (χ0v) is 11.5. The molecule has 1 heterocycles. The van der Waals surface area contributed by atoms with Crippen LogP contribution in [0.15, 0.2) is 0 Å². The highest BCUT2D eigenvalue weighted by Crippen LogP contribution is 2.18. The number of anilines is 1. The molecule has 1 unspecified atom stereocenters. The first kappa shape index (κ1) is 14.5. The van der Waals surface area contributed by atoms with E-state index in [2.05, 4.69) is 10.4 Å². The molecule has 0 bridgehead atoms. The Morgan fingerprint density at radius 1 is 1.56 bits per heavy atom. The molecular weight excluding hydrogens is 232 g/mol. The molecule has 3 N–H and O–H groups in total. The highest BCUT2D eigenvalue weighted by Gasteiger charge is 2.19. The Hall–Kier alpha value is -1.56. The number of nitrogens with one attached hydrogen (secondary N) is 1. The van der Waals surface area contributed by atoms with Crippen molar-refractivity contribution in [2.24, 2.45) is 0 Å². The second-order valence-electron chi connectivity index (χ2n) is 4.34. The van der Waals surface area contributed by atoms with Gasteiger partial charge in [-0.3, -0.25) is 9.48 Å². The molecule has 1 aromatic rings. The maximum absolute atomic E-state index is 11.9. The fraction of sp³-hybridized carbons (Fsp3) is 0.667. The fourth-order valence-electron chi connectivity index (χ4n) is 1.74. The topological polar surface area (TPSA) is 82.2 Å². The number of aromatic nitrogens is 2. The molecule has 6 nitrogen and oxygen atoms in total. The quantitative estimate of drug-likeness (QED) is 0.735. The van der Waals surface area contributed by atoms with Crippen molar-refractivity contribution in [1.29, 1.82) is 0 Å². The lowest BCUT2D eigenvalue weighted by Crippen LogP contribution is -2.33. The van der Waals surface area contributed by atoms with Crippen molar-refractivity contribution in [1.82, 2.24) is 15.1 Å². The Labute approximate surface area is 107 Å². The van der Waals surface area contributed by atoms with Crippen LogP contribution in [0.25, 0.3) is 0 Å². The largest absolute Gasteiger partial charge is 0.396 e. The van der Waals surface area contributed by atoms with Gasteiger partial charge in [-0.15, -0.1) is 0 Å². The predicted octanol–water partition coefficient (Wildman–Crippen LogP) is 0.796. The molecule has 18 heavy (non-hydrogen) atoms. The highest BCUT2D eigenvalue weighted by molar-refractivity contribution is 5.80. The number of hydrogen-bond acceptors (Lipinski definition) is 4. The van der Waals surface area contributed by atoms with Gasteiger partial charge in [0, 0.05) is 20.3 Å². The molecular formula is C12H22N4O2. The Morgan fingerprint density at radius 3 is 2.72 bits per heavy atom. The molecule has 1 atom stereocenters. The number of methoxy groups -OCH3 is 1. The van der Waals surface area contributed by atoms with Crippen molar-refractivity contribution < 1.29 is 9.53 Å². The van der Waals surface area contributed by atoms with Crippen LogP contribution in [-0.4, -0.2) is 35.9 Å². The Balaban J connectivity index is 2.60.